The lowest BCUT2D eigenvalue weighted by Gasteiger charge is -2.48. The number of hydrogen-bond acceptors (Lipinski definition) is 7. The van der Waals surface area contributed by atoms with Gasteiger partial charge in [-0.15, -0.1) is 0 Å². The van der Waals surface area contributed by atoms with Gasteiger partial charge in [0.05, 0.1) is 29.7 Å². The second kappa shape index (κ2) is 12.2. The summed E-state index contributed by atoms with van der Waals surface area (Å²) in [5, 5.41) is 16.3. The van der Waals surface area contributed by atoms with Gasteiger partial charge < -0.3 is 29.5 Å². The molecule has 1 saturated carbocycles. The minimum absolute atomic E-state index is 0.0154. The fraction of sp³-hybridized carbons (Fsp3) is 0.429. The number of benzene rings is 1. The van der Waals surface area contributed by atoms with Crippen molar-refractivity contribution in [2.24, 2.45) is 5.92 Å². The topological polar surface area (TPSA) is 130 Å². The minimum Gasteiger partial charge on any atom is -0.465 e. The van der Waals surface area contributed by atoms with Crippen molar-refractivity contribution < 1.29 is 23.5 Å². The first kappa shape index (κ1) is 31.7. The molecule has 242 valence electrons. The van der Waals surface area contributed by atoms with Gasteiger partial charge in [0.2, 0.25) is 5.71 Å². The second-order valence-electron chi connectivity index (χ2n) is 14.2. The Kier molecular flexibility index (Phi) is 8.41. The number of anilines is 2. The molecule has 1 saturated heterocycles. The zero-order valence-corrected chi connectivity index (χ0v) is 28.3. The monoisotopic (exact) mass is 641 g/mol. The number of amides is 2. The third-order valence-corrected chi connectivity index (χ3v) is 14.3. The molecule has 3 aromatic heterocycles. The Hall–Kier alpha value is -4.22. The number of carbonyl (C=O) groups excluding carboxylic acids is 1. The normalized spacial score (nSPS) is 23.3. The average molecular weight is 642 g/mol. The standard InChI is InChI=1S/C35H43N5O5Si/c1-21-19-40(20-28(39-34(42)43)31(21)45-46(5,6)35(2,3)4)29-14-15-36-18-27(29)37-32(41)26-13-12-23-16-30(44-33(23)38-26)25-17-24(25)22-10-8-7-9-11-22/h7-16,18,21,24-25,28,31,39H,17,19-20H2,1-6H3,(H,37,41)(H,42,43)/t21-,24?,25?,28+,31-/m0/s1. The molecule has 1 aromatic carbocycles. The molecule has 5 atom stereocenters. The van der Waals surface area contributed by atoms with Crippen LogP contribution in [0, 0.1) is 5.92 Å². The van der Waals surface area contributed by atoms with Crippen LogP contribution >= 0.6 is 0 Å². The van der Waals surface area contributed by atoms with E-state index in [4.69, 9.17) is 8.84 Å². The molecule has 2 amide bonds. The number of piperidine rings is 1. The highest BCUT2D eigenvalue weighted by Crippen LogP contribution is 2.55. The molecule has 6 rings (SSSR count). The summed E-state index contributed by atoms with van der Waals surface area (Å²) in [6.07, 6.45) is 2.94. The largest absolute Gasteiger partial charge is 0.465 e. The number of carbonyl (C=O) groups is 2. The zero-order chi connectivity index (χ0) is 32.8. The lowest BCUT2D eigenvalue weighted by Crippen LogP contribution is -2.62. The molecule has 3 N–H and O–H groups in total. The maximum Gasteiger partial charge on any atom is 0.405 e. The molecule has 2 unspecified atom stereocenters. The van der Waals surface area contributed by atoms with Crippen LogP contribution in [0.25, 0.3) is 11.1 Å². The minimum atomic E-state index is -2.17. The number of furan rings is 1. The lowest BCUT2D eigenvalue weighted by atomic mass is 9.92. The van der Waals surface area contributed by atoms with Gasteiger partial charge in [-0.1, -0.05) is 58.0 Å². The first-order valence-electron chi connectivity index (χ1n) is 15.9. The summed E-state index contributed by atoms with van der Waals surface area (Å²) >= 11 is 0. The number of nitrogens with one attached hydrogen (secondary N) is 2. The van der Waals surface area contributed by atoms with Crippen molar-refractivity contribution in [2.45, 2.75) is 76.2 Å². The van der Waals surface area contributed by atoms with Crippen LogP contribution in [0.15, 0.2) is 71.4 Å². The second-order valence-corrected chi connectivity index (χ2v) is 19.0. The summed E-state index contributed by atoms with van der Waals surface area (Å²) in [5.41, 5.74) is 3.25. The Morgan fingerprint density at radius 2 is 1.83 bits per heavy atom. The smallest absolute Gasteiger partial charge is 0.405 e. The van der Waals surface area contributed by atoms with Crippen molar-refractivity contribution in [3.05, 3.63) is 84.0 Å². The molecule has 10 nitrogen and oxygen atoms in total. The number of pyridine rings is 2. The van der Waals surface area contributed by atoms with Gasteiger partial charge in [-0.3, -0.25) is 9.78 Å². The fourth-order valence-electron chi connectivity index (χ4n) is 6.23. The van der Waals surface area contributed by atoms with E-state index in [9.17, 15) is 14.7 Å². The van der Waals surface area contributed by atoms with E-state index in [0.717, 1.165) is 23.3 Å². The van der Waals surface area contributed by atoms with Crippen LogP contribution in [0.2, 0.25) is 18.1 Å². The summed E-state index contributed by atoms with van der Waals surface area (Å²) < 4.78 is 12.9. The number of fused-ring (bicyclic) bond motifs is 1. The van der Waals surface area contributed by atoms with Gasteiger partial charge in [-0.2, -0.15) is 0 Å². The maximum absolute atomic E-state index is 13.5. The third-order valence-electron chi connectivity index (χ3n) is 9.83. The van der Waals surface area contributed by atoms with Gasteiger partial charge in [0.25, 0.3) is 5.91 Å². The Morgan fingerprint density at radius 1 is 1.07 bits per heavy atom. The quantitative estimate of drug-likeness (QED) is 0.172. The Labute approximate surface area is 270 Å². The van der Waals surface area contributed by atoms with Gasteiger partial charge in [-0.25, -0.2) is 9.78 Å². The highest BCUT2D eigenvalue weighted by atomic mass is 28.4. The third kappa shape index (κ3) is 6.52. The number of hydrogen-bond donors (Lipinski definition) is 3. The van der Waals surface area contributed by atoms with Gasteiger partial charge >= 0.3 is 6.09 Å². The van der Waals surface area contributed by atoms with Crippen LogP contribution in [0.1, 0.15) is 67.8 Å². The molecule has 46 heavy (non-hydrogen) atoms. The van der Waals surface area contributed by atoms with E-state index in [1.807, 2.05) is 24.3 Å². The van der Waals surface area contributed by atoms with E-state index in [-0.39, 0.29) is 28.7 Å². The van der Waals surface area contributed by atoms with E-state index in [2.05, 4.69) is 90.6 Å². The molecular weight excluding hydrogens is 599 g/mol. The Morgan fingerprint density at radius 3 is 2.54 bits per heavy atom. The summed E-state index contributed by atoms with van der Waals surface area (Å²) in [5.74, 6) is 1.27. The van der Waals surface area contributed by atoms with Gasteiger partial charge in [0, 0.05) is 36.5 Å². The molecule has 1 aliphatic carbocycles. The molecule has 11 heteroatoms. The summed E-state index contributed by atoms with van der Waals surface area (Å²) in [6.45, 7) is 14.0. The van der Waals surface area contributed by atoms with Crippen molar-refractivity contribution in [3.8, 4) is 0 Å². The van der Waals surface area contributed by atoms with Crippen molar-refractivity contribution in [1.29, 1.82) is 0 Å². The molecule has 1 aliphatic heterocycles. The van der Waals surface area contributed by atoms with Crippen LogP contribution < -0.4 is 15.5 Å². The van der Waals surface area contributed by atoms with Crippen LogP contribution in [-0.4, -0.2) is 60.6 Å². The first-order valence-corrected chi connectivity index (χ1v) is 18.8. The number of nitrogens with zero attached hydrogens (tertiary/aromatic N) is 3. The van der Waals surface area contributed by atoms with E-state index >= 15 is 0 Å². The fourth-order valence-corrected chi connectivity index (χ4v) is 7.66. The van der Waals surface area contributed by atoms with Gasteiger partial charge in [0.1, 0.15) is 11.5 Å². The van der Waals surface area contributed by atoms with E-state index in [1.165, 1.54) is 5.56 Å². The molecule has 0 bridgehead atoms. The highest BCUT2D eigenvalue weighted by Gasteiger charge is 2.45. The molecule has 2 fully saturated rings. The zero-order valence-electron chi connectivity index (χ0n) is 27.3. The van der Waals surface area contributed by atoms with E-state index < -0.39 is 20.5 Å². The summed E-state index contributed by atoms with van der Waals surface area (Å²) in [4.78, 5) is 36.3. The predicted molar refractivity (Wildman–Crippen MR) is 181 cm³/mol. The maximum atomic E-state index is 13.5. The van der Waals surface area contributed by atoms with Crippen LogP contribution in [0.4, 0.5) is 16.2 Å². The first-order chi connectivity index (χ1) is 21.8. The van der Waals surface area contributed by atoms with Crippen LogP contribution in [0.3, 0.4) is 0 Å². The van der Waals surface area contributed by atoms with E-state index in [1.54, 1.807) is 18.5 Å². The molecule has 4 aromatic rings. The molecule has 2 aliphatic rings. The van der Waals surface area contributed by atoms with Crippen molar-refractivity contribution in [1.82, 2.24) is 15.3 Å². The van der Waals surface area contributed by atoms with Crippen LogP contribution in [-0.2, 0) is 4.43 Å². The lowest BCUT2D eigenvalue weighted by molar-refractivity contribution is 0.0722. The molecule has 0 spiro atoms. The van der Waals surface area contributed by atoms with Crippen molar-refractivity contribution in [3.63, 3.8) is 0 Å². The molecule has 0 radical (unpaired) electrons. The van der Waals surface area contributed by atoms with Crippen molar-refractivity contribution in [2.75, 3.05) is 23.3 Å². The van der Waals surface area contributed by atoms with Gasteiger partial charge in [0.15, 0.2) is 8.32 Å². The molecule has 4 heterocycles. The van der Waals surface area contributed by atoms with Crippen LogP contribution in [0.5, 0.6) is 0 Å². The number of rotatable bonds is 8. The van der Waals surface area contributed by atoms with E-state index in [0.29, 0.717) is 36.3 Å². The molecular formula is C35H43N5O5Si. The SMILES string of the molecule is C[C@H]1CN(c2ccncc2NC(=O)c2ccc3cc(C4CC4c4ccccc4)oc3n2)C[C@@H](NC(=O)O)[C@H]1O[Si](C)(C)C(C)(C)C. The summed E-state index contributed by atoms with van der Waals surface area (Å²) in [6, 6.07) is 17.4. The highest BCUT2D eigenvalue weighted by molar-refractivity contribution is 6.74. The number of aromatic nitrogens is 2. The summed E-state index contributed by atoms with van der Waals surface area (Å²) in [7, 11) is -2.17. The predicted octanol–water partition coefficient (Wildman–Crippen LogP) is 7.23. The average Bonchev–Trinajstić information content (AvgIpc) is 3.69. The Bertz CT molecular complexity index is 1740. The van der Waals surface area contributed by atoms with Gasteiger partial charge in [-0.05, 0) is 60.3 Å². The Balaban J connectivity index is 1.18. The number of carboxylic acid groups (broad SMARTS) is 1. The van der Waals surface area contributed by atoms with Crippen molar-refractivity contribution >= 4 is 42.8 Å².